The standard InChI is InChI=1S/C17H23N3O2S/c1-12-3-5-15(6-4-12)22-10-17-20-14(11-23-17)9-16(21)19-8-7-13(2)18/h3-6,11,13H,7-10,18H2,1-2H3,(H,19,21). The molecule has 1 heterocycles. The van der Waals surface area contributed by atoms with Crippen molar-refractivity contribution >= 4 is 17.2 Å². The molecule has 0 fully saturated rings. The number of aromatic nitrogens is 1. The van der Waals surface area contributed by atoms with E-state index < -0.39 is 0 Å². The Morgan fingerprint density at radius 2 is 2.13 bits per heavy atom. The van der Waals surface area contributed by atoms with Crippen LogP contribution in [0, 0.1) is 6.92 Å². The second kappa shape index (κ2) is 8.64. The van der Waals surface area contributed by atoms with Crippen LogP contribution in [-0.4, -0.2) is 23.5 Å². The molecule has 0 saturated carbocycles. The maximum absolute atomic E-state index is 11.8. The molecule has 1 aromatic heterocycles. The first-order valence-electron chi connectivity index (χ1n) is 7.68. The fourth-order valence-electron chi connectivity index (χ4n) is 1.94. The lowest BCUT2D eigenvalue weighted by Crippen LogP contribution is -2.30. The maximum Gasteiger partial charge on any atom is 0.226 e. The lowest BCUT2D eigenvalue weighted by Gasteiger charge is -2.06. The molecular formula is C17H23N3O2S. The van der Waals surface area contributed by atoms with Gasteiger partial charge in [-0.1, -0.05) is 17.7 Å². The number of hydrogen-bond acceptors (Lipinski definition) is 5. The second-order valence-corrected chi connectivity index (χ2v) is 6.57. The maximum atomic E-state index is 11.8. The molecule has 2 rings (SSSR count). The molecule has 3 N–H and O–H groups in total. The van der Waals surface area contributed by atoms with E-state index in [1.807, 2.05) is 43.5 Å². The average Bonchev–Trinajstić information content (AvgIpc) is 2.93. The van der Waals surface area contributed by atoms with Crippen LogP contribution in [0.25, 0.3) is 0 Å². The minimum absolute atomic E-state index is 0.0260. The molecule has 1 aromatic carbocycles. The third-order valence-corrected chi connectivity index (χ3v) is 4.12. The van der Waals surface area contributed by atoms with Crippen LogP contribution < -0.4 is 15.8 Å². The van der Waals surface area contributed by atoms with Gasteiger partial charge in [-0.05, 0) is 32.4 Å². The number of carbonyl (C=O) groups is 1. The normalized spacial score (nSPS) is 12.0. The van der Waals surface area contributed by atoms with Gasteiger partial charge in [-0.3, -0.25) is 4.79 Å². The van der Waals surface area contributed by atoms with E-state index in [2.05, 4.69) is 10.3 Å². The highest BCUT2D eigenvalue weighted by Crippen LogP contribution is 2.16. The quantitative estimate of drug-likeness (QED) is 0.778. The highest BCUT2D eigenvalue weighted by atomic mass is 32.1. The number of nitrogens with one attached hydrogen (secondary N) is 1. The van der Waals surface area contributed by atoms with Gasteiger partial charge in [-0.25, -0.2) is 4.98 Å². The number of amides is 1. The van der Waals surface area contributed by atoms with Crippen LogP contribution in [0.4, 0.5) is 0 Å². The molecule has 23 heavy (non-hydrogen) atoms. The van der Waals surface area contributed by atoms with Crippen molar-refractivity contribution in [3.05, 3.63) is 45.9 Å². The van der Waals surface area contributed by atoms with Gasteiger partial charge >= 0.3 is 0 Å². The zero-order chi connectivity index (χ0) is 16.7. The van der Waals surface area contributed by atoms with Gasteiger partial charge in [0.1, 0.15) is 17.4 Å². The van der Waals surface area contributed by atoms with E-state index in [-0.39, 0.29) is 11.9 Å². The Kier molecular flexibility index (Phi) is 6.55. The molecule has 0 aliphatic rings. The fourth-order valence-corrected chi connectivity index (χ4v) is 2.65. The van der Waals surface area contributed by atoms with E-state index in [0.29, 0.717) is 19.6 Å². The topological polar surface area (TPSA) is 77.2 Å². The molecule has 0 spiro atoms. The Labute approximate surface area is 140 Å². The highest BCUT2D eigenvalue weighted by Gasteiger charge is 2.08. The molecule has 0 aliphatic heterocycles. The van der Waals surface area contributed by atoms with E-state index in [9.17, 15) is 4.79 Å². The summed E-state index contributed by atoms with van der Waals surface area (Å²) >= 11 is 1.51. The third kappa shape index (κ3) is 6.38. The van der Waals surface area contributed by atoms with E-state index in [0.717, 1.165) is 22.9 Å². The molecule has 0 radical (unpaired) electrons. The number of nitrogens with zero attached hydrogens (tertiary/aromatic N) is 1. The van der Waals surface area contributed by atoms with Crippen molar-refractivity contribution in [1.82, 2.24) is 10.3 Å². The second-order valence-electron chi connectivity index (χ2n) is 5.63. The first-order chi connectivity index (χ1) is 11.0. The Hall–Kier alpha value is -1.92. The van der Waals surface area contributed by atoms with Gasteiger partial charge in [0, 0.05) is 18.0 Å². The minimum Gasteiger partial charge on any atom is -0.486 e. The summed E-state index contributed by atoms with van der Waals surface area (Å²) in [6, 6.07) is 8.00. The van der Waals surface area contributed by atoms with Gasteiger partial charge in [0.25, 0.3) is 0 Å². The summed E-state index contributed by atoms with van der Waals surface area (Å²) in [5.41, 5.74) is 7.62. The van der Waals surface area contributed by atoms with Crippen molar-refractivity contribution < 1.29 is 9.53 Å². The summed E-state index contributed by atoms with van der Waals surface area (Å²) in [6.07, 6.45) is 1.07. The summed E-state index contributed by atoms with van der Waals surface area (Å²) in [5.74, 6) is 0.794. The van der Waals surface area contributed by atoms with E-state index >= 15 is 0 Å². The van der Waals surface area contributed by atoms with Crippen molar-refractivity contribution in [3.8, 4) is 5.75 Å². The number of aryl methyl sites for hydroxylation is 1. The molecule has 6 heteroatoms. The van der Waals surface area contributed by atoms with E-state index in [1.54, 1.807) is 0 Å². The smallest absolute Gasteiger partial charge is 0.226 e. The highest BCUT2D eigenvalue weighted by molar-refractivity contribution is 7.09. The summed E-state index contributed by atoms with van der Waals surface area (Å²) < 4.78 is 5.69. The van der Waals surface area contributed by atoms with E-state index in [1.165, 1.54) is 16.9 Å². The van der Waals surface area contributed by atoms with Gasteiger partial charge in [0.05, 0.1) is 12.1 Å². The van der Waals surface area contributed by atoms with Gasteiger partial charge in [-0.15, -0.1) is 11.3 Å². The third-order valence-electron chi connectivity index (χ3n) is 3.25. The van der Waals surface area contributed by atoms with Gasteiger partial charge in [-0.2, -0.15) is 0 Å². The van der Waals surface area contributed by atoms with Crippen molar-refractivity contribution in [1.29, 1.82) is 0 Å². The van der Waals surface area contributed by atoms with Crippen LogP contribution in [0.5, 0.6) is 5.75 Å². The summed E-state index contributed by atoms with van der Waals surface area (Å²) in [7, 11) is 0. The lowest BCUT2D eigenvalue weighted by atomic mass is 10.2. The SMILES string of the molecule is Cc1ccc(OCc2nc(CC(=O)NCCC(C)N)cs2)cc1. The van der Waals surface area contributed by atoms with Crippen molar-refractivity contribution in [2.45, 2.75) is 39.3 Å². The molecule has 0 saturated heterocycles. The monoisotopic (exact) mass is 333 g/mol. The zero-order valence-electron chi connectivity index (χ0n) is 13.5. The van der Waals surface area contributed by atoms with Crippen LogP contribution in [0.2, 0.25) is 0 Å². The lowest BCUT2D eigenvalue weighted by molar-refractivity contribution is -0.120. The van der Waals surface area contributed by atoms with E-state index in [4.69, 9.17) is 10.5 Å². The zero-order valence-corrected chi connectivity index (χ0v) is 14.4. The number of nitrogens with two attached hydrogens (primary N) is 1. The minimum atomic E-state index is -0.0260. The number of hydrogen-bond donors (Lipinski definition) is 2. The Bertz CT molecular complexity index is 623. The molecule has 1 amide bonds. The average molecular weight is 333 g/mol. The van der Waals surface area contributed by atoms with Crippen molar-refractivity contribution in [2.24, 2.45) is 5.73 Å². The van der Waals surface area contributed by atoms with Gasteiger partial charge in [0.2, 0.25) is 5.91 Å². The molecular weight excluding hydrogens is 310 g/mol. The predicted octanol–water partition coefficient (Wildman–Crippen LogP) is 2.43. The number of rotatable bonds is 8. The molecule has 1 unspecified atom stereocenters. The molecule has 5 nitrogen and oxygen atoms in total. The summed E-state index contributed by atoms with van der Waals surface area (Å²) in [5, 5.41) is 5.62. The summed E-state index contributed by atoms with van der Waals surface area (Å²) in [6.45, 7) is 4.98. The molecule has 1 atom stereocenters. The van der Waals surface area contributed by atoms with Crippen LogP contribution in [0.15, 0.2) is 29.6 Å². The van der Waals surface area contributed by atoms with Crippen LogP contribution in [0.3, 0.4) is 0 Å². The molecule has 0 bridgehead atoms. The largest absolute Gasteiger partial charge is 0.486 e. The Morgan fingerprint density at radius 1 is 1.39 bits per heavy atom. The number of ether oxygens (including phenoxy) is 1. The van der Waals surface area contributed by atoms with Crippen LogP contribution in [-0.2, 0) is 17.8 Å². The fraction of sp³-hybridized carbons (Fsp3) is 0.412. The first kappa shape index (κ1) is 17.4. The number of thiazole rings is 1. The van der Waals surface area contributed by atoms with Crippen LogP contribution >= 0.6 is 11.3 Å². The number of benzene rings is 1. The summed E-state index contributed by atoms with van der Waals surface area (Å²) in [4.78, 5) is 16.2. The number of carbonyl (C=O) groups excluding carboxylic acids is 1. The molecule has 0 aliphatic carbocycles. The molecule has 2 aromatic rings. The van der Waals surface area contributed by atoms with Crippen molar-refractivity contribution in [2.75, 3.05) is 6.54 Å². The first-order valence-corrected chi connectivity index (χ1v) is 8.56. The Balaban J connectivity index is 1.76. The van der Waals surface area contributed by atoms with Gasteiger partial charge in [0.15, 0.2) is 0 Å². The van der Waals surface area contributed by atoms with Crippen LogP contribution in [0.1, 0.15) is 29.6 Å². The predicted molar refractivity (Wildman–Crippen MR) is 92.6 cm³/mol. The molecule has 124 valence electrons. The van der Waals surface area contributed by atoms with Gasteiger partial charge < -0.3 is 15.8 Å². The Morgan fingerprint density at radius 3 is 2.83 bits per heavy atom. The van der Waals surface area contributed by atoms with Crippen molar-refractivity contribution in [3.63, 3.8) is 0 Å².